The molecule has 0 heterocycles. The molecule has 0 spiro atoms. The molecule has 13 heavy (non-hydrogen) atoms. The molecule has 0 saturated heterocycles. The van der Waals surface area contributed by atoms with E-state index < -0.39 is 6.03 Å². The number of hydrogen-bond acceptors (Lipinski definition) is 3. The molecule has 1 aromatic carbocycles. The molecule has 1 rings (SSSR count). The molecule has 0 aliphatic rings. The number of rotatable bonds is 1. The number of urea groups is 1. The number of nitrogen functional groups attached to an aromatic ring is 1. The zero-order valence-corrected chi connectivity index (χ0v) is 7.19. The predicted octanol–water partition coefficient (Wildman–Crippen LogP) is 0.489. The summed E-state index contributed by atoms with van der Waals surface area (Å²) in [6.45, 7) is 0. The maximum Gasteiger partial charge on any atom is 0.319 e. The molecule has 0 unspecified atom stereocenters. The highest BCUT2D eigenvalue weighted by Crippen LogP contribution is 2.31. The molecule has 0 fully saturated rings. The average Bonchev–Trinajstić information content (AvgIpc) is 2.03. The lowest BCUT2D eigenvalue weighted by Crippen LogP contribution is -2.32. The van der Waals surface area contributed by atoms with Crippen LogP contribution < -0.4 is 16.4 Å². The minimum atomic E-state index is -0.673. The van der Waals surface area contributed by atoms with Gasteiger partial charge in [-0.1, -0.05) is 6.07 Å². The Balaban J connectivity index is 3.20. The Labute approximate surface area is 75.6 Å². The number of para-hydroxylation sites is 1. The van der Waals surface area contributed by atoms with E-state index in [9.17, 15) is 9.90 Å². The lowest BCUT2D eigenvalue weighted by atomic mass is 10.2. The predicted molar refractivity (Wildman–Crippen MR) is 50.5 cm³/mol. The van der Waals surface area contributed by atoms with Crippen molar-refractivity contribution in [3.05, 3.63) is 18.2 Å². The minimum Gasteiger partial charge on any atom is -0.506 e. The molecule has 5 nitrogen and oxygen atoms in total. The van der Waals surface area contributed by atoms with Gasteiger partial charge in [-0.15, -0.1) is 0 Å². The quantitative estimate of drug-likeness (QED) is 0.550. The summed E-state index contributed by atoms with van der Waals surface area (Å²) < 4.78 is 0. The van der Waals surface area contributed by atoms with Gasteiger partial charge in [-0.25, -0.2) is 4.79 Å². The van der Waals surface area contributed by atoms with E-state index in [-0.39, 0.29) is 11.4 Å². The molecule has 5 heteroatoms. The number of hydrogen-bond donors (Lipinski definition) is 3. The van der Waals surface area contributed by atoms with Crippen LogP contribution in [0.4, 0.5) is 16.2 Å². The third kappa shape index (κ3) is 1.64. The topological polar surface area (TPSA) is 92.6 Å². The monoisotopic (exact) mass is 181 g/mol. The Hall–Kier alpha value is -1.91. The maximum atomic E-state index is 10.8. The van der Waals surface area contributed by atoms with Gasteiger partial charge in [0.1, 0.15) is 11.4 Å². The molecule has 5 N–H and O–H groups in total. The van der Waals surface area contributed by atoms with Crippen molar-refractivity contribution in [2.45, 2.75) is 0 Å². The summed E-state index contributed by atoms with van der Waals surface area (Å²) in [7, 11) is 1.44. The van der Waals surface area contributed by atoms with Crippen LogP contribution >= 0.6 is 0 Å². The molecule has 0 aromatic heterocycles. The summed E-state index contributed by atoms with van der Waals surface area (Å²) in [5.74, 6) is -0.0682. The van der Waals surface area contributed by atoms with Crippen LogP contribution in [-0.2, 0) is 0 Å². The summed E-state index contributed by atoms with van der Waals surface area (Å²) in [6, 6.07) is 3.93. The summed E-state index contributed by atoms with van der Waals surface area (Å²) in [6.07, 6.45) is 0. The zero-order valence-electron chi connectivity index (χ0n) is 7.19. The number of benzene rings is 1. The summed E-state index contributed by atoms with van der Waals surface area (Å²) in [5, 5.41) is 9.38. The number of anilines is 2. The van der Waals surface area contributed by atoms with Crippen LogP contribution in [0, 0.1) is 0 Å². The van der Waals surface area contributed by atoms with Gasteiger partial charge in [-0.05, 0) is 12.1 Å². The van der Waals surface area contributed by atoms with Crippen molar-refractivity contribution in [1.82, 2.24) is 0 Å². The molecule has 70 valence electrons. The number of phenols is 1. The number of carbonyl (C=O) groups is 1. The van der Waals surface area contributed by atoms with E-state index in [1.807, 2.05) is 0 Å². The van der Waals surface area contributed by atoms with Crippen LogP contribution in [0.2, 0.25) is 0 Å². The lowest BCUT2D eigenvalue weighted by Gasteiger charge is -2.17. The highest BCUT2D eigenvalue weighted by molar-refractivity contribution is 5.95. The van der Waals surface area contributed by atoms with E-state index in [4.69, 9.17) is 11.5 Å². The van der Waals surface area contributed by atoms with Crippen LogP contribution in [0.25, 0.3) is 0 Å². The van der Waals surface area contributed by atoms with Crippen molar-refractivity contribution >= 4 is 17.4 Å². The van der Waals surface area contributed by atoms with E-state index in [1.165, 1.54) is 13.1 Å². The number of amides is 2. The Morgan fingerprint density at radius 1 is 1.54 bits per heavy atom. The first-order valence-electron chi connectivity index (χ1n) is 3.64. The van der Waals surface area contributed by atoms with E-state index in [0.717, 1.165) is 4.90 Å². The van der Waals surface area contributed by atoms with Gasteiger partial charge in [0.05, 0.1) is 5.69 Å². The van der Waals surface area contributed by atoms with E-state index in [0.29, 0.717) is 5.69 Å². The lowest BCUT2D eigenvalue weighted by molar-refractivity contribution is 0.255. The van der Waals surface area contributed by atoms with E-state index in [1.54, 1.807) is 12.1 Å². The first-order chi connectivity index (χ1) is 6.04. The van der Waals surface area contributed by atoms with Crippen molar-refractivity contribution < 1.29 is 9.90 Å². The van der Waals surface area contributed by atoms with Crippen molar-refractivity contribution in [2.75, 3.05) is 17.7 Å². The number of nitrogens with zero attached hydrogens (tertiary/aromatic N) is 1. The largest absolute Gasteiger partial charge is 0.506 e. The maximum absolute atomic E-state index is 10.8. The fourth-order valence-electron chi connectivity index (χ4n) is 1.02. The fourth-order valence-corrected chi connectivity index (χ4v) is 1.02. The van der Waals surface area contributed by atoms with Gasteiger partial charge in [0.2, 0.25) is 0 Å². The highest BCUT2D eigenvalue weighted by Gasteiger charge is 2.13. The average molecular weight is 181 g/mol. The Bertz CT molecular complexity index is 318. The van der Waals surface area contributed by atoms with Crippen molar-refractivity contribution in [3.63, 3.8) is 0 Å². The molecule has 0 bridgehead atoms. The summed E-state index contributed by atoms with van der Waals surface area (Å²) >= 11 is 0. The van der Waals surface area contributed by atoms with Crippen LogP contribution in [0.5, 0.6) is 5.75 Å². The van der Waals surface area contributed by atoms with Crippen LogP contribution in [0.3, 0.4) is 0 Å². The molecule has 0 radical (unpaired) electrons. The second-order valence-corrected chi connectivity index (χ2v) is 2.61. The molecular weight excluding hydrogens is 170 g/mol. The highest BCUT2D eigenvalue weighted by atomic mass is 16.3. The first-order valence-corrected chi connectivity index (χ1v) is 3.64. The second kappa shape index (κ2) is 3.22. The Morgan fingerprint density at radius 3 is 2.62 bits per heavy atom. The summed E-state index contributed by atoms with van der Waals surface area (Å²) in [5.41, 5.74) is 11.1. The van der Waals surface area contributed by atoms with Gasteiger partial charge in [-0.3, -0.25) is 4.90 Å². The minimum absolute atomic E-state index is 0.0682. The van der Waals surface area contributed by atoms with E-state index >= 15 is 0 Å². The van der Waals surface area contributed by atoms with Gasteiger partial charge < -0.3 is 16.6 Å². The molecule has 0 atom stereocenters. The SMILES string of the molecule is CN(C(N)=O)c1c(N)cccc1O. The molecular formula is C8H11N3O2. The summed E-state index contributed by atoms with van der Waals surface area (Å²) in [4.78, 5) is 11.9. The smallest absolute Gasteiger partial charge is 0.319 e. The number of carbonyl (C=O) groups excluding carboxylic acids is 1. The van der Waals surface area contributed by atoms with Gasteiger partial charge >= 0.3 is 6.03 Å². The van der Waals surface area contributed by atoms with Gasteiger partial charge in [0, 0.05) is 7.05 Å². The molecule has 0 aliphatic carbocycles. The van der Waals surface area contributed by atoms with Gasteiger partial charge in [-0.2, -0.15) is 0 Å². The fraction of sp³-hybridized carbons (Fsp3) is 0.125. The van der Waals surface area contributed by atoms with Crippen LogP contribution in [0.1, 0.15) is 0 Å². The standard InChI is InChI=1S/C8H11N3O2/c1-11(8(10)13)7-5(9)3-2-4-6(7)12/h2-4,12H,9H2,1H3,(H2,10,13). The number of nitrogens with two attached hydrogens (primary N) is 2. The normalized spacial score (nSPS) is 9.62. The molecule has 0 saturated carbocycles. The molecule has 1 aromatic rings. The number of phenolic OH excluding ortho intramolecular Hbond substituents is 1. The Kier molecular flexibility index (Phi) is 2.27. The van der Waals surface area contributed by atoms with E-state index in [2.05, 4.69) is 0 Å². The molecule has 2 amide bonds. The van der Waals surface area contributed by atoms with Gasteiger partial charge in [0.15, 0.2) is 0 Å². The Morgan fingerprint density at radius 2 is 2.15 bits per heavy atom. The van der Waals surface area contributed by atoms with Crippen LogP contribution in [-0.4, -0.2) is 18.2 Å². The molecule has 0 aliphatic heterocycles. The second-order valence-electron chi connectivity index (χ2n) is 2.61. The van der Waals surface area contributed by atoms with Crippen molar-refractivity contribution in [3.8, 4) is 5.75 Å². The third-order valence-corrected chi connectivity index (χ3v) is 1.71. The van der Waals surface area contributed by atoms with Crippen molar-refractivity contribution in [2.24, 2.45) is 5.73 Å². The zero-order chi connectivity index (χ0) is 10.0. The van der Waals surface area contributed by atoms with Crippen LogP contribution in [0.15, 0.2) is 18.2 Å². The first kappa shape index (κ1) is 9.18. The number of primary amides is 1. The van der Waals surface area contributed by atoms with Gasteiger partial charge in [0.25, 0.3) is 0 Å². The van der Waals surface area contributed by atoms with Crippen molar-refractivity contribution in [1.29, 1.82) is 0 Å². The third-order valence-electron chi connectivity index (χ3n) is 1.71. The number of aromatic hydroxyl groups is 1.